The second kappa shape index (κ2) is 5.54. The zero-order valence-corrected chi connectivity index (χ0v) is 7.32. The van der Waals surface area contributed by atoms with Crippen LogP contribution in [0.1, 0.15) is 26.7 Å². The largest absolute Gasteiger partial charge is 0.329 e. The quantitative estimate of drug-likeness (QED) is 0.461. The summed E-state index contributed by atoms with van der Waals surface area (Å²) in [4.78, 5) is 12.3. The first kappa shape index (κ1) is 9.76. The Morgan fingerprint density at radius 1 is 1.30 bits per heavy atom. The third kappa shape index (κ3) is 3.72. The van der Waals surface area contributed by atoms with Crippen LogP contribution in [0.3, 0.4) is 0 Å². The highest BCUT2D eigenvalue weighted by atomic mass is 35.5. The van der Waals surface area contributed by atoms with Gasteiger partial charge in [0.2, 0.25) is 0 Å². The monoisotopic (exact) mass is 163 g/mol. The predicted molar refractivity (Wildman–Crippen MR) is 43.4 cm³/mol. The Kier molecular flexibility index (Phi) is 5.40. The van der Waals surface area contributed by atoms with Gasteiger partial charge in [-0.25, -0.2) is 0 Å². The van der Waals surface area contributed by atoms with Gasteiger partial charge in [-0.05, 0) is 24.4 Å². The molecule has 0 rings (SSSR count). The van der Waals surface area contributed by atoms with Crippen LogP contribution in [0.4, 0.5) is 4.79 Å². The first-order valence-electron chi connectivity index (χ1n) is 3.66. The third-order valence-corrected chi connectivity index (χ3v) is 1.47. The van der Waals surface area contributed by atoms with Gasteiger partial charge in [-0.15, -0.1) is 0 Å². The molecule has 0 aromatic heterocycles. The Morgan fingerprint density at radius 2 is 1.70 bits per heavy atom. The molecular weight excluding hydrogens is 150 g/mol. The summed E-state index contributed by atoms with van der Waals surface area (Å²) in [6.07, 6.45) is 1.94. The molecule has 0 radical (unpaired) electrons. The van der Waals surface area contributed by atoms with Crippen molar-refractivity contribution in [3.05, 3.63) is 0 Å². The molecule has 60 valence electrons. The van der Waals surface area contributed by atoms with E-state index in [0.29, 0.717) is 0 Å². The molecule has 0 bridgehead atoms. The SMILES string of the molecule is CCCN(CCC)C(=O)Cl. The number of hydrogen-bond acceptors (Lipinski definition) is 1. The zero-order chi connectivity index (χ0) is 7.98. The number of rotatable bonds is 4. The Labute approximate surface area is 67.2 Å². The minimum Gasteiger partial charge on any atom is -0.329 e. The van der Waals surface area contributed by atoms with Crippen molar-refractivity contribution in [2.45, 2.75) is 26.7 Å². The highest BCUT2D eigenvalue weighted by Gasteiger charge is 2.06. The average molecular weight is 164 g/mol. The summed E-state index contributed by atoms with van der Waals surface area (Å²) < 4.78 is 0. The van der Waals surface area contributed by atoms with E-state index < -0.39 is 0 Å². The Morgan fingerprint density at radius 3 is 1.90 bits per heavy atom. The second-order valence-corrected chi connectivity index (χ2v) is 2.56. The van der Waals surface area contributed by atoms with Crippen molar-refractivity contribution in [3.63, 3.8) is 0 Å². The van der Waals surface area contributed by atoms with Crippen molar-refractivity contribution in [2.24, 2.45) is 0 Å². The van der Waals surface area contributed by atoms with Gasteiger partial charge in [0.1, 0.15) is 0 Å². The van der Waals surface area contributed by atoms with Crippen LogP contribution in [0.2, 0.25) is 0 Å². The summed E-state index contributed by atoms with van der Waals surface area (Å²) in [5, 5.41) is -0.330. The number of nitrogens with zero attached hydrogens (tertiary/aromatic N) is 1. The van der Waals surface area contributed by atoms with Crippen LogP contribution in [0, 0.1) is 0 Å². The molecular formula is C7H14ClNO. The summed E-state index contributed by atoms with van der Waals surface area (Å²) in [5.41, 5.74) is 0. The summed E-state index contributed by atoms with van der Waals surface area (Å²) in [6, 6.07) is 0. The van der Waals surface area contributed by atoms with E-state index in [-0.39, 0.29) is 5.37 Å². The molecule has 2 nitrogen and oxygen atoms in total. The van der Waals surface area contributed by atoms with Gasteiger partial charge in [0.25, 0.3) is 0 Å². The standard InChI is InChI=1S/C7H14ClNO/c1-3-5-9(6-4-2)7(8)10/h3-6H2,1-2H3. The molecule has 1 amide bonds. The fraction of sp³-hybridized carbons (Fsp3) is 0.857. The number of hydrogen-bond donors (Lipinski definition) is 0. The maximum absolute atomic E-state index is 10.6. The van der Waals surface area contributed by atoms with Crippen LogP contribution in [0.5, 0.6) is 0 Å². The van der Waals surface area contributed by atoms with Crippen molar-refractivity contribution in [1.29, 1.82) is 0 Å². The van der Waals surface area contributed by atoms with Crippen molar-refractivity contribution in [3.8, 4) is 0 Å². The molecule has 0 aliphatic rings. The molecule has 0 unspecified atom stereocenters. The lowest BCUT2D eigenvalue weighted by Gasteiger charge is -2.16. The number of carbonyl (C=O) groups is 1. The lowest BCUT2D eigenvalue weighted by molar-refractivity contribution is 0.221. The van der Waals surface area contributed by atoms with Crippen LogP contribution < -0.4 is 0 Å². The van der Waals surface area contributed by atoms with E-state index in [1.165, 1.54) is 0 Å². The summed E-state index contributed by atoms with van der Waals surface area (Å²) >= 11 is 5.29. The molecule has 0 aromatic rings. The smallest absolute Gasteiger partial charge is 0.316 e. The lowest BCUT2D eigenvalue weighted by atomic mass is 10.4. The van der Waals surface area contributed by atoms with E-state index in [4.69, 9.17) is 11.6 Å². The third-order valence-electron chi connectivity index (χ3n) is 1.24. The topological polar surface area (TPSA) is 20.3 Å². The molecule has 0 aromatic carbocycles. The molecule has 0 aliphatic carbocycles. The van der Waals surface area contributed by atoms with Gasteiger partial charge in [-0.3, -0.25) is 4.79 Å². The fourth-order valence-corrected chi connectivity index (χ4v) is 0.996. The van der Waals surface area contributed by atoms with Gasteiger partial charge < -0.3 is 4.90 Å². The number of amides is 1. The Bertz CT molecular complexity index is 99.8. The molecule has 0 spiro atoms. The normalized spacial score (nSPS) is 9.50. The molecule has 0 aliphatic heterocycles. The van der Waals surface area contributed by atoms with Crippen molar-refractivity contribution in [1.82, 2.24) is 4.90 Å². The van der Waals surface area contributed by atoms with Gasteiger partial charge in [0.05, 0.1) is 0 Å². The molecule has 0 saturated heterocycles. The van der Waals surface area contributed by atoms with E-state index >= 15 is 0 Å². The Hall–Kier alpha value is -0.240. The van der Waals surface area contributed by atoms with Crippen LogP contribution in [0.25, 0.3) is 0 Å². The molecule has 10 heavy (non-hydrogen) atoms. The van der Waals surface area contributed by atoms with E-state index in [1.54, 1.807) is 4.90 Å². The zero-order valence-electron chi connectivity index (χ0n) is 6.56. The van der Waals surface area contributed by atoms with Crippen LogP contribution >= 0.6 is 11.6 Å². The first-order valence-corrected chi connectivity index (χ1v) is 4.04. The molecule has 0 fully saturated rings. The number of carbonyl (C=O) groups excluding carboxylic acids is 1. The van der Waals surface area contributed by atoms with E-state index in [2.05, 4.69) is 0 Å². The summed E-state index contributed by atoms with van der Waals surface area (Å²) in [5.74, 6) is 0. The summed E-state index contributed by atoms with van der Waals surface area (Å²) in [7, 11) is 0. The molecule has 0 atom stereocenters. The fourth-order valence-electron chi connectivity index (χ4n) is 0.827. The highest BCUT2D eigenvalue weighted by molar-refractivity contribution is 6.62. The van der Waals surface area contributed by atoms with Crippen molar-refractivity contribution in [2.75, 3.05) is 13.1 Å². The average Bonchev–Trinajstić information content (AvgIpc) is 1.87. The second-order valence-electron chi connectivity index (χ2n) is 2.24. The van der Waals surface area contributed by atoms with Gasteiger partial charge in [-0.1, -0.05) is 13.8 Å². The first-order chi connectivity index (χ1) is 4.72. The van der Waals surface area contributed by atoms with Gasteiger partial charge in [0, 0.05) is 13.1 Å². The van der Waals surface area contributed by atoms with Gasteiger partial charge in [0.15, 0.2) is 0 Å². The molecule has 3 heteroatoms. The van der Waals surface area contributed by atoms with Crippen molar-refractivity contribution >= 4 is 17.0 Å². The maximum Gasteiger partial charge on any atom is 0.316 e. The van der Waals surface area contributed by atoms with Crippen molar-refractivity contribution < 1.29 is 4.79 Å². The minimum absolute atomic E-state index is 0.330. The highest BCUT2D eigenvalue weighted by Crippen LogP contribution is 1.98. The van der Waals surface area contributed by atoms with Crippen LogP contribution in [-0.2, 0) is 0 Å². The minimum atomic E-state index is -0.330. The van der Waals surface area contributed by atoms with E-state index in [1.807, 2.05) is 13.8 Å². The van der Waals surface area contributed by atoms with Crippen LogP contribution in [0.15, 0.2) is 0 Å². The molecule has 0 N–H and O–H groups in total. The maximum atomic E-state index is 10.6. The predicted octanol–water partition coefficient (Wildman–Crippen LogP) is 2.47. The van der Waals surface area contributed by atoms with E-state index in [9.17, 15) is 4.79 Å². The summed E-state index contributed by atoms with van der Waals surface area (Å²) in [6.45, 7) is 5.61. The Balaban J connectivity index is 3.61. The van der Waals surface area contributed by atoms with E-state index in [0.717, 1.165) is 25.9 Å². The number of halogens is 1. The lowest BCUT2D eigenvalue weighted by Crippen LogP contribution is -2.27. The molecule has 0 saturated carbocycles. The van der Waals surface area contributed by atoms with Gasteiger partial charge in [-0.2, -0.15) is 0 Å². The van der Waals surface area contributed by atoms with Crippen LogP contribution in [-0.4, -0.2) is 23.4 Å². The molecule has 0 heterocycles. The van der Waals surface area contributed by atoms with Gasteiger partial charge >= 0.3 is 5.37 Å².